The van der Waals surface area contributed by atoms with Gasteiger partial charge in [-0.15, -0.1) is 0 Å². The first kappa shape index (κ1) is 19.0. The minimum Gasteiger partial charge on any atom is -0.354 e. The van der Waals surface area contributed by atoms with Crippen LogP contribution >= 0.6 is 0 Å². The van der Waals surface area contributed by atoms with Crippen molar-refractivity contribution in [3.8, 4) is 0 Å². The lowest BCUT2D eigenvalue weighted by molar-refractivity contribution is -0.121. The number of anilines is 1. The molecule has 0 heterocycles. The zero-order valence-electron chi connectivity index (χ0n) is 14.8. The monoisotopic (exact) mass is 360 g/mol. The Hall–Kier alpha value is -2.34. The second-order valence-corrected chi connectivity index (χ2v) is 8.06. The molecule has 0 unspecified atom stereocenters. The van der Waals surface area contributed by atoms with E-state index in [9.17, 15) is 13.2 Å². The standard InChI is InChI=1S/C19H24N2O3S/c1-15(2)20-19(22)13-14-21(17-11-9-16(3)10-12-17)25(23,24)18-7-5-4-6-8-18/h4-12,15H,13-14H2,1-3H3,(H,20,22). The Morgan fingerprint density at radius 1 is 1.04 bits per heavy atom. The quantitative estimate of drug-likeness (QED) is 0.825. The molecule has 0 radical (unpaired) electrons. The van der Waals surface area contributed by atoms with Crippen molar-refractivity contribution in [3.05, 3.63) is 60.2 Å². The van der Waals surface area contributed by atoms with Crippen molar-refractivity contribution in [2.45, 2.75) is 38.1 Å². The molecule has 2 aromatic carbocycles. The molecule has 2 rings (SSSR count). The molecule has 25 heavy (non-hydrogen) atoms. The van der Waals surface area contributed by atoms with Gasteiger partial charge in [-0.3, -0.25) is 9.10 Å². The summed E-state index contributed by atoms with van der Waals surface area (Å²) in [5, 5.41) is 2.79. The third-order valence-corrected chi connectivity index (χ3v) is 5.49. The number of sulfonamides is 1. The fourth-order valence-corrected chi connectivity index (χ4v) is 3.90. The third-order valence-electron chi connectivity index (χ3n) is 3.64. The maximum atomic E-state index is 13.0. The number of hydrogen-bond acceptors (Lipinski definition) is 3. The summed E-state index contributed by atoms with van der Waals surface area (Å²) in [5.41, 5.74) is 1.59. The van der Waals surface area contributed by atoms with E-state index >= 15 is 0 Å². The van der Waals surface area contributed by atoms with Gasteiger partial charge in [0, 0.05) is 19.0 Å². The van der Waals surface area contributed by atoms with Crippen LogP contribution in [0.4, 0.5) is 5.69 Å². The van der Waals surface area contributed by atoms with Gasteiger partial charge in [0.05, 0.1) is 10.6 Å². The van der Waals surface area contributed by atoms with Crippen molar-refractivity contribution < 1.29 is 13.2 Å². The SMILES string of the molecule is Cc1ccc(N(CCC(=O)NC(C)C)S(=O)(=O)c2ccccc2)cc1. The van der Waals surface area contributed by atoms with Crippen LogP contribution in [0.25, 0.3) is 0 Å². The molecule has 0 aromatic heterocycles. The first-order valence-corrected chi connectivity index (χ1v) is 9.68. The van der Waals surface area contributed by atoms with Gasteiger partial charge in [0.1, 0.15) is 0 Å². The minimum atomic E-state index is -3.74. The van der Waals surface area contributed by atoms with Gasteiger partial charge < -0.3 is 5.32 Å². The van der Waals surface area contributed by atoms with Crippen LogP contribution in [0.3, 0.4) is 0 Å². The molecule has 134 valence electrons. The number of nitrogens with one attached hydrogen (secondary N) is 1. The topological polar surface area (TPSA) is 66.5 Å². The lowest BCUT2D eigenvalue weighted by Crippen LogP contribution is -2.37. The van der Waals surface area contributed by atoms with E-state index in [-0.39, 0.29) is 29.8 Å². The van der Waals surface area contributed by atoms with E-state index in [4.69, 9.17) is 0 Å². The summed E-state index contributed by atoms with van der Waals surface area (Å²) < 4.78 is 27.4. The summed E-state index contributed by atoms with van der Waals surface area (Å²) >= 11 is 0. The molecule has 0 spiro atoms. The Bertz CT molecular complexity index is 800. The first-order valence-electron chi connectivity index (χ1n) is 8.24. The van der Waals surface area contributed by atoms with Crippen molar-refractivity contribution in [2.75, 3.05) is 10.8 Å². The highest BCUT2D eigenvalue weighted by atomic mass is 32.2. The molecule has 0 saturated carbocycles. The first-order chi connectivity index (χ1) is 11.8. The lowest BCUT2D eigenvalue weighted by Gasteiger charge is -2.24. The van der Waals surface area contributed by atoms with Crippen LogP contribution in [0, 0.1) is 6.92 Å². The van der Waals surface area contributed by atoms with Gasteiger partial charge in [0.2, 0.25) is 5.91 Å². The van der Waals surface area contributed by atoms with Crippen LogP contribution < -0.4 is 9.62 Å². The van der Waals surface area contributed by atoms with Crippen LogP contribution in [-0.2, 0) is 14.8 Å². The molecule has 0 fully saturated rings. The number of benzene rings is 2. The van der Waals surface area contributed by atoms with Gasteiger partial charge in [-0.1, -0.05) is 35.9 Å². The number of aryl methyl sites for hydroxylation is 1. The van der Waals surface area contributed by atoms with Crippen molar-refractivity contribution in [1.82, 2.24) is 5.32 Å². The second-order valence-electron chi connectivity index (χ2n) is 6.20. The van der Waals surface area contributed by atoms with Gasteiger partial charge in [0.25, 0.3) is 10.0 Å². The Labute approximate surface area is 149 Å². The second kappa shape index (κ2) is 8.16. The van der Waals surface area contributed by atoms with Gasteiger partial charge in [0.15, 0.2) is 0 Å². The third kappa shape index (κ3) is 5.06. The van der Waals surface area contributed by atoms with Gasteiger partial charge in [-0.05, 0) is 45.0 Å². The fraction of sp³-hybridized carbons (Fsp3) is 0.316. The number of rotatable bonds is 7. The molecule has 0 saturated heterocycles. The van der Waals surface area contributed by atoms with Gasteiger partial charge in [-0.2, -0.15) is 0 Å². The van der Waals surface area contributed by atoms with Crippen molar-refractivity contribution in [2.24, 2.45) is 0 Å². The zero-order chi connectivity index (χ0) is 18.4. The Kier molecular flexibility index (Phi) is 6.20. The van der Waals surface area contributed by atoms with E-state index in [0.29, 0.717) is 5.69 Å². The molecule has 0 atom stereocenters. The average molecular weight is 360 g/mol. The Morgan fingerprint density at radius 3 is 2.20 bits per heavy atom. The Balaban J connectivity index is 2.32. The van der Waals surface area contributed by atoms with Gasteiger partial charge >= 0.3 is 0 Å². The number of amides is 1. The van der Waals surface area contributed by atoms with E-state index in [2.05, 4.69) is 5.32 Å². The molecule has 1 N–H and O–H groups in total. The van der Waals surface area contributed by atoms with E-state index in [1.165, 1.54) is 4.31 Å². The van der Waals surface area contributed by atoms with Crippen LogP contribution in [0.15, 0.2) is 59.5 Å². The summed E-state index contributed by atoms with van der Waals surface area (Å²) in [6.45, 7) is 5.77. The maximum Gasteiger partial charge on any atom is 0.264 e. The highest BCUT2D eigenvalue weighted by molar-refractivity contribution is 7.92. The number of nitrogens with zero attached hydrogens (tertiary/aromatic N) is 1. The molecule has 0 aliphatic carbocycles. The zero-order valence-corrected chi connectivity index (χ0v) is 15.6. The normalized spacial score (nSPS) is 11.4. The smallest absolute Gasteiger partial charge is 0.264 e. The molecule has 5 nitrogen and oxygen atoms in total. The summed E-state index contributed by atoms with van der Waals surface area (Å²) in [6, 6.07) is 15.5. The number of carbonyl (C=O) groups excluding carboxylic acids is 1. The Morgan fingerprint density at radius 2 is 1.64 bits per heavy atom. The molecule has 1 amide bonds. The van der Waals surface area contributed by atoms with Crippen molar-refractivity contribution in [3.63, 3.8) is 0 Å². The van der Waals surface area contributed by atoms with E-state index in [1.54, 1.807) is 42.5 Å². The molecule has 2 aromatic rings. The molecule has 0 aliphatic rings. The van der Waals surface area contributed by atoms with Gasteiger partial charge in [-0.25, -0.2) is 8.42 Å². The molecule has 0 aliphatic heterocycles. The number of hydrogen-bond donors (Lipinski definition) is 1. The molecular formula is C19H24N2O3S. The van der Waals surface area contributed by atoms with E-state index in [1.807, 2.05) is 32.9 Å². The van der Waals surface area contributed by atoms with E-state index in [0.717, 1.165) is 5.56 Å². The maximum absolute atomic E-state index is 13.0. The van der Waals surface area contributed by atoms with Crippen molar-refractivity contribution in [1.29, 1.82) is 0 Å². The fourth-order valence-electron chi connectivity index (χ4n) is 2.42. The van der Waals surface area contributed by atoms with Crippen LogP contribution in [0.1, 0.15) is 25.8 Å². The largest absolute Gasteiger partial charge is 0.354 e. The van der Waals surface area contributed by atoms with Crippen LogP contribution in [0.5, 0.6) is 0 Å². The summed E-state index contributed by atoms with van der Waals surface area (Å²) in [4.78, 5) is 12.2. The summed E-state index contributed by atoms with van der Waals surface area (Å²) in [5.74, 6) is -0.171. The van der Waals surface area contributed by atoms with Crippen LogP contribution in [-0.4, -0.2) is 26.9 Å². The van der Waals surface area contributed by atoms with Crippen LogP contribution in [0.2, 0.25) is 0 Å². The highest BCUT2D eigenvalue weighted by Gasteiger charge is 2.25. The molecule has 6 heteroatoms. The highest BCUT2D eigenvalue weighted by Crippen LogP contribution is 2.24. The minimum absolute atomic E-state index is 0.0195. The molecule has 0 bridgehead atoms. The predicted molar refractivity (Wildman–Crippen MR) is 100 cm³/mol. The average Bonchev–Trinajstić information content (AvgIpc) is 2.56. The van der Waals surface area contributed by atoms with Crippen molar-refractivity contribution >= 4 is 21.6 Å². The van der Waals surface area contributed by atoms with E-state index < -0.39 is 10.0 Å². The summed E-state index contributed by atoms with van der Waals surface area (Å²) in [7, 11) is -3.74. The molecular weight excluding hydrogens is 336 g/mol. The lowest BCUT2D eigenvalue weighted by atomic mass is 10.2. The summed E-state index contributed by atoms with van der Waals surface area (Å²) in [6.07, 6.45) is 0.0954. The number of carbonyl (C=O) groups is 1. The predicted octanol–water partition coefficient (Wildman–Crippen LogP) is 3.11.